The summed E-state index contributed by atoms with van der Waals surface area (Å²) in [5, 5.41) is 32.1. The van der Waals surface area contributed by atoms with Crippen LogP contribution in [-0.4, -0.2) is 76.5 Å². The molecule has 5 N–H and O–H groups in total. The Kier molecular flexibility index (Phi) is 18.0. The minimum absolute atomic E-state index is 0.126. The summed E-state index contributed by atoms with van der Waals surface area (Å²) in [4.78, 5) is 32.5. The van der Waals surface area contributed by atoms with E-state index in [0.717, 1.165) is 6.67 Å². The summed E-state index contributed by atoms with van der Waals surface area (Å²) in [5.74, 6) is -2.97. The van der Waals surface area contributed by atoms with Gasteiger partial charge in [0.05, 0.1) is 19.3 Å². The molecule has 9 nitrogen and oxygen atoms in total. The van der Waals surface area contributed by atoms with E-state index in [9.17, 15) is 14.4 Å². The maximum Gasteiger partial charge on any atom is 0.304 e. The molecule has 2 atom stereocenters. The smallest absolute Gasteiger partial charge is 0.304 e. The van der Waals surface area contributed by atoms with Crippen molar-refractivity contribution in [3.63, 3.8) is 0 Å². The van der Waals surface area contributed by atoms with Gasteiger partial charge in [0.2, 0.25) is 0 Å². The molecule has 0 radical (unpaired) electrons. The van der Waals surface area contributed by atoms with Gasteiger partial charge in [0.15, 0.2) is 0 Å². The fraction of sp³-hybridized carbons (Fsp3) is 0.833. The lowest BCUT2D eigenvalue weighted by molar-refractivity contribution is -0.137. The Labute approximate surface area is 162 Å². The molecular weight excluding hydrogens is 354 g/mol. The number of carbonyl (C=O) groups is 3. The van der Waals surface area contributed by atoms with Gasteiger partial charge < -0.3 is 30.9 Å². The third-order valence-electron chi connectivity index (χ3n) is 4.05. The van der Waals surface area contributed by atoms with Gasteiger partial charge in [-0.2, -0.15) is 0 Å². The van der Waals surface area contributed by atoms with Gasteiger partial charge >= 0.3 is 17.9 Å². The number of carboxylic acids is 3. The van der Waals surface area contributed by atoms with Crippen molar-refractivity contribution in [2.75, 3.05) is 26.3 Å². The quantitative estimate of drug-likeness (QED) is 0.262. The maximum absolute atomic E-state index is 10.3. The van der Waals surface area contributed by atoms with Gasteiger partial charge in [0, 0.05) is 38.4 Å². The summed E-state index contributed by atoms with van der Waals surface area (Å²) < 4.78 is 0. The van der Waals surface area contributed by atoms with E-state index in [2.05, 4.69) is 38.3 Å². The molecule has 0 aliphatic rings. The van der Waals surface area contributed by atoms with Crippen molar-refractivity contribution < 1.29 is 29.7 Å². The third kappa shape index (κ3) is 22.2. The second kappa shape index (κ2) is 17.7. The third-order valence-corrected chi connectivity index (χ3v) is 4.05. The molecule has 27 heavy (non-hydrogen) atoms. The predicted molar refractivity (Wildman–Crippen MR) is 104 cm³/mol. The lowest BCUT2D eigenvalue weighted by Crippen LogP contribution is -2.38. The van der Waals surface area contributed by atoms with Crippen molar-refractivity contribution in [3.05, 3.63) is 0 Å². The molecule has 0 fully saturated rings. The second-order valence-corrected chi connectivity index (χ2v) is 6.48. The lowest BCUT2D eigenvalue weighted by Gasteiger charge is -2.19. The Morgan fingerprint density at radius 2 is 1.04 bits per heavy atom. The molecule has 0 aromatic heterocycles. The molecule has 0 heterocycles. The fourth-order valence-electron chi connectivity index (χ4n) is 1.79. The topological polar surface area (TPSA) is 139 Å². The molecule has 0 saturated heterocycles. The molecule has 9 heteroatoms. The summed E-state index contributed by atoms with van der Waals surface area (Å²) in [6.07, 6.45) is 2.02. The Morgan fingerprint density at radius 3 is 1.26 bits per heavy atom. The van der Waals surface area contributed by atoms with Crippen LogP contribution in [0.5, 0.6) is 0 Å². The number of carboxylic acid groups (broad SMARTS) is 3. The standard InChI is InChI=1S/C9H22N2.C9H15NO6/c1-5-8(3)10-7-11-9(4)6-2;11-7(12)1-4-10(5-2-8(13)14)6-3-9(15)16/h8-11H,5-7H2,1-4H3;1-6H2,(H,11,12)(H,13,14)(H,15,16). The van der Waals surface area contributed by atoms with Crippen LogP contribution in [0.2, 0.25) is 0 Å². The van der Waals surface area contributed by atoms with E-state index < -0.39 is 17.9 Å². The second-order valence-electron chi connectivity index (χ2n) is 6.48. The Balaban J connectivity index is 0. The first-order valence-electron chi connectivity index (χ1n) is 9.46. The molecule has 0 rings (SSSR count). The van der Waals surface area contributed by atoms with E-state index >= 15 is 0 Å². The van der Waals surface area contributed by atoms with Gasteiger partial charge in [0.1, 0.15) is 0 Å². The molecule has 160 valence electrons. The largest absolute Gasteiger partial charge is 0.481 e. The first-order valence-corrected chi connectivity index (χ1v) is 9.46. The van der Waals surface area contributed by atoms with E-state index in [0.29, 0.717) is 12.1 Å². The minimum Gasteiger partial charge on any atom is -0.481 e. The van der Waals surface area contributed by atoms with E-state index in [1.54, 1.807) is 0 Å². The van der Waals surface area contributed by atoms with E-state index in [1.807, 2.05) is 0 Å². The molecule has 2 unspecified atom stereocenters. The number of hydrogen-bond acceptors (Lipinski definition) is 6. The molecule has 0 bridgehead atoms. The number of aliphatic carboxylic acids is 3. The van der Waals surface area contributed by atoms with Crippen LogP contribution < -0.4 is 10.6 Å². The highest BCUT2D eigenvalue weighted by molar-refractivity contribution is 5.68. The van der Waals surface area contributed by atoms with E-state index in [-0.39, 0.29) is 38.9 Å². The van der Waals surface area contributed by atoms with Crippen LogP contribution >= 0.6 is 0 Å². The van der Waals surface area contributed by atoms with Crippen LogP contribution in [-0.2, 0) is 14.4 Å². The molecule has 0 aromatic carbocycles. The minimum atomic E-state index is -0.990. The predicted octanol–water partition coefficient (Wildman–Crippen LogP) is 1.43. The molecular formula is C18H37N3O6. The number of rotatable bonds is 15. The number of hydrogen-bond donors (Lipinski definition) is 5. The molecule has 0 saturated carbocycles. The Hall–Kier alpha value is -1.71. The van der Waals surface area contributed by atoms with Gasteiger partial charge in [-0.25, -0.2) is 0 Å². The van der Waals surface area contributed by atoms with Crippen LogP contribution in [0.1, 0.15) is 59.8 Å². The van der Waals surface area contributed by atoms with Gasteiger partial charge in [-0.05, 0) is 26.7 Å². The SMILES string of the molecule is CCC(C)NCNC(C)CC.O=C(O)CCN(CCC(=O)O)CCC(=O)O. The Bertz CT molecular complexity index is 367. The van der Waals surface area contributed by atoms with Crippen LogP contribution in [0.3, 0.4) is 0 Å². The fourth-order valence-corrected chi connectivity index (χ4v) is 1.79. The summed E-state index contributed by atoms with van der Waals surface area (Å²) in [7, 11) is 0. The average Bonchev–Trinajstić information content (AvgIpc) is 2.60. The van der Waals surface area contributed by atoms with Crippen molar-refractivity contribution in [3.8, 4) is 0 Å². The van der Waals surface area contributed by atoms with Crippen molar-refractivity contribution in [2.45, 2.75) is 71.9 Å². The van der Waals surface area contributed by atoms with Gasteiger partial charge in [-0.3, -0.25) is 14.4 Å². The normalized spacial score (nSPS) is 12.8. The highest BCUT2D eigenvalue weighted by Crippen LogP contribution is 1.97. The summed E-state index contributed by atoms with van der Waals surface area (Å²) in [5.41, 5.74) is 0. The monoisotopic (exact) mass is 391 g/mol. The van der Waals surface area contributed by atoms with Crippen molar-refractivity contribution >= 4 is 17.9 Å². The zero-order valence-electron chi connectivity index (χ0n) is 17.0. The van der Waals surface area contributed by atoms with Crippen LogP contribution in [0.4, 0.5) is 0 Å². The van der Waals surface area contributed by atoms with Crippen molar-refractivity contribution in [2.24, 2.45) is 0 Å². The zero-order chi connectivity index (χ0) is 21.2. The van der Waals surface area contributed by atoms with Gasteiger partial charge in [-0.15, -0.1) is 0 Å². The van der Waals surface area contributed by atoms with Crippen LogP contribution in [0.15, 0.2) is 0 Å². The van der Waals surface area contributed by atoms with Gasteiger partial charge in [0.25, 0.3) is 0 Å². The van der Waals surface area contributed by atoms with Crippen LogP contribution in [0, 0.1) is 0 Å². The molecule has 0 aliphatic carbocycles. The molecule has 0 amide bonds. The maximum atomic E-state index is 10.3. The highest BCUT2D eigenvalue weighted by atomic mass is 16.4. The first kappa shape index (κ1) is 27.5. The molecule has 0 aliphatic heterocycles. The zero-order valence-corrected chi connectivity index (χ0v) is 17.0. The summed E-state index contributed by atoms with van der Waals surface area (Å²) in [6, 6.07) is 1.26. The van der Waals surface area contributed by atoms with Crippen LogP contribution in [0.25, 0.3) is 0 Å². The Morgan fingerprint density at radius 1 is 0.741 bits per heavy atom. The first-order chi connectivity index (χ1) is 12.6. The van der Waals surface area contributed by atoms with Crippen molar-refractivity contribution in [1.82, 2.24) is 15.5 Å². The van der Waals surface area contributed by atoms with Gasteiger partial charge in [-0.1, -0.05) is 13.8 Å². The average molecular weight is 392 g/mol. The molecule has 0 spiro atoms. The van der Waals surface area contributed by atoms with Crippen molar-refractivity contribution in [1.29, 1.82) is 0 Å². The van der Waals surface area contributed by atoms with E-state index in [1.165, 1.54) is 17.7 Å². The number of nitrogens with zero attached hydrogens (tertiary/aromatic N) is 1. The lowest BCUT2D eigenvalue weighted by atomic mass is 10.2. The van der Waals surface area contributed by atoms with E-state index in [4.69, 9.17) is 15.3 Å². The highest BCUT2D eigenvalue weighted by Gasteiger charge is 2.11. The number of nitrogens with one attached hydrogen (secondary N) is 2. The molecule has 0 aromatic rings. The summed E-state index contributed by atoms with van der Waals surface area (Å²) in [6.45, 7) is 10.2. The summed E-state index contributed by atoms with van der Waals surface area (Å²) >= 11 is 0.